The number of nitrogens with one attached hydrogen (secondary N) is 1. The highest BCUT2D eigenvalue weighted by molar-refractivity contribution is 5.39. The molecule has 0 bridgehead atoms. The second-order valence-electron chi connectivity index (χ2n) is 6.50. The van der Waals surface area contributed by atoms with Crippen LogP contribution in [0, 0.1) is 0 Å². The molecule has 1 aliphatic heterocycles. The summed E-state index contributed by atoms with van der Waals surface area (Å²) < 4.78 is 2.12. The first-order valence-corrected chi connectivity index (χ1v) is 8.28. The average Bonchev–Trinajstić information content (AvgIpc) is 3.25. The maximum Gasteiger partial charge on any atom is 0.137 e. The fraction of sp³-hybridized carbons (Fsp3) is 0.588. The lowest BCUT2D eigenvalue weighted by Gasteiger charge is -2.35. The van der Waals surface area contributed by atoms with Crippen LogP contribution in [0.15, 0.2) is 30.6 Å². The van der Waals surface area contributed by atoms with Gasteiger partial charge < -0.3 is 9.72 Å². The summed E-state index contributed by atoms with van der Waals surface area (Å²) in [6, 6.07) is 7.68. The Bertz CT molecular complexity index is 569. The molecule has 112 valence electrons. The van der Waals surface area contributed by atoms with Crippen LogP contribution in [0.3, 0.4) is 0 Å². The molecule has 4 rings (SSSR count). The summed E-state index contributed by atoms with van der Waals surface area (Å²) in [4.78, 5) is 7.38. The lowest BCUT2D eigenvalue weighted by atomic mass is 10.0. The van der Waals surface area contributed by atoms with Crippen LogP contribution in [0.25, 0.3) is 5.65 Å². The predicted molar refractivity (Wildman–Crippen MR) is 84.3 cm³/mol. The summed E-state index contributed by atoms with van der Waals surface area (Å²) in [5.74, 6) is 0. The van der Waals surface area contributed by atoms with Crippen molar-refractivity contribution < 1.29 is 0 Å². The van der Waals surface area contributed by atoms with Gasteiger partial charge in [0.1, 0.15) is 5.65 Å². The van der Waals surface area contributed by atoms with Gasteiger partial charge in [0.2, 0.25) is 0 Å². The van der Waals surface area contributed by atoms with E-state index in [-0.39, 0.29) is 0 Å². The molecule has 1 saturated carbocycles. The quantitative estimate of drug-likeness (QED) is 0.915. The second kappa shape index (κ2) is 5.78. The normalized spacial score (nSPS) is 23.7. The Morgan fingerprint density at radius 2 is 2.14 bits per heavy atom. The molecule has 0 aromatic carbocycles. The third-order valence-corrected chi connectivity index (χ3v) is 4.75. The summed E-state index contributed by atoms with van der Waals surface area (Å²) in [5, 5.41) is 3.70. The van der Waals surface area contributed by atoms with Gasteiger partial charge in [0, 0.05) is 37.6 Å². The Labute approximate surface area is 126 Å². The maximum atomic E-state index is 4.75. The highest BCUT2D eigenvalue weighted by Crippen LogP contribution is 2.22. The Hall–Kier alpha value is -1.39. The van der Waals surface area contributed by atoms with Crippen molar-refractivity contribution in [2.24, 2.45) is 0 Å². The molecule has 0 amide bonds. The van der Waals surface area contributed by atoms with E-state index in [0.29, 0.717) is 6.04 Å². The SMILES string of the molecule is c1ccn2cc(CN3CCCCC3CNC3CC3)nc2c1. The zero-order chi connectivity index (χ0) is 14.1. The molecule has 1 saturated heterocycles. The Balaban J connectivity index is 1.44. The first-order valence-electron chi connectivity index (χ1n) is 8.28. The van der Waals surface area contributed by atoms with Gasteiger partial charge in [-0.15, -0.1) is 0 Å². The molecule has 2 aromatic heterocycles. The number of fused-ring (bicyclic) bond motifs is 1. The van der Waals surface area contributed by atoms with Gasteiger partial charge in [0.15, 0.2) is 0 Å². The largest absolute Gasteiger partial charge is 0.312 e. The molecule has 1 N–H and O–H groups in total. The molecule has 0 radical (unpaired) electrons. The van der Waals surface area contributed by atoms with Crippen molar-refractivity contribution in [3.05, 3.63) is 36.3 Å². The molecule has 21 heavy (non-hydrogen) atoms. The molecule has 2 fully saturated rings. The van der Waals surface area contributed by atoms with Crippen molar-refractivity contribution in [1.82, 2.24) is 19.6 Å². The van der Waals surface area contributed by atoms with Gasteiger partial charge in [-0.2, -0.15) is 0 Å². The first-order chi connectivity index (χ1) is 10.4. The van der Waals surface area contributed by atoms with E-state index in [2.05, 4.69) is 45.2 Å². The smallest absolute Gasteiger partial charge is 0.137 e. The lowest BCUT2D eigenvalue weighted by Crippen LogP contribution is -2.45. The monoisotopic (exact) mass is 284 g/mol. The molecule has 4 heteroatoms. The van der Waals surface area contributed by atoms with Crippen molar-refractivity contribution in [2.45, 2.75) is 50.7 Å². The Morgan fingerprint density at radius 3 is 3.00 bits per heavy atom. The number of aromatic nitrogens is 2. The Kier molecular flexibility index (Phi) is 3.65. The van der Waals surface area contributed by atoms with Gasteiger partial charge in [-0.3, -0.25) is 4.90 Å². The number of imidazole rings is 1. The minimum absolute atomic E-state index is 0.684. The van der Waals surface area contributed by atoms with Crippen LogP contribution in [0.2, 0.25) is 0 Å². The standard InChI is InChI=1S/C17H24N4/c1-3-9-20(16(5-1)11-18-14-7-8-14)12-15-13-21-10-4-2-6-17(21)19-15/h2,4,6,10,13-14,16,18H,1,3,5,7-9,11-12H2. The number of likely N-dealkylation sites (tertiary alicyclic amines) is 1. The number of nitrogens with zero attached hydrogens (tertiary/aromatic N) is 3. The first kappa shape index (κ1) is 13.3. The third-order valence-electron chi connectivity index (χ3n) is 4.75. The number of pyridine rings is 1. The fourth-order valence-corrected chi connectivity index (χ4v) is 3.36. The van der Waals surface area contributed by atoms with E-state index in [0.717, 1.165) is 24.8 Å². The van der Waals surface area contributed by atoms with Crippen molar-refractivity contribution in [2.75, 3.05) is 13.1 Å². The highest BCUT2D eigenvalue weighted by Gasteiger charge is 2.26. The van der Waals surface area contributed by atoms with Crippen molar-refractivity contribution >= 4 is 5.65 Å². The molecule has 2 aromatic rings. The number of hydrogen-bond donors (Lipinski definition) is 1. The van der Waals surface area contributed by atoms with E-state index < -0.39 is 0 Å². The number of piperidine rings is 1. The predicted octanol–water partition coefficient (Wildman–Crippen LogP) is 2.44. The maximum absolute atomic E-state index is 4.75. The van der Waals surface area contributed by atoms with Crippen LogP contribution < -0.4 is 5.32 Å². The van der Waals surface area contributed by atoms with Crippen LogP contribution in [0.1, 0.15) is 37.8 Å². The lowest BCUT2D eigenvalue weighted by molar-refractivity contribution is 0.136. The van der Waals surface area contributed by atoms with E-state index in [1.807, 2.05) is 0 Å². The summed E-state index contributed by atoms with van der Waals surface area (Å²) in [6.07, 6.45) is 11.0. The Morgan fingerprint density at radius 1 is 1.19 bits per heavy atom. The summed E-state index contributed by atoms with van der Waals surface area (Å²) in [6.45, 7) is 3.35. The van der Waals surface area contributed by atoms with Crippen molar-refractivity contribution in [3.63, 3.8) is 0 Å². The third kappa shape index (κ3) is 3.11. The van der Waals surface area contributed by atoms with Gasteiger partial charge in [-0.05, 0) is 44.4 Å². The van der Waals surface area contributed by atoms with Crippen molar-refractivity contribution in [3.8, 4) is 0 Å². The van der Waals surface area contributed by atoms with E-state index >= 15 is 0 Å². The minimum atomic E-state index is 0.684. The molecule has 2 aliphatic rings. The van der Waals surface area contributed by atoms with E-state index in [4.69, 9.17) is 4.98 Å². The van der Waals surface area contributed by atoms with Crippen LogP contribution >= 0.6 is 0 Å². The minimum Gasteiger partial charge on any atom is -0.312 e. The molecular formula is C17H24N4. The molecule has 4 nitrogen and oxygen atoms in total. The topological polar surface area (TPSA) is 32.6 Å². The molecule has 1 aliphatic carbocycles. The highest BCUT2D eigenvalue weighted by atomic mass is 15.2. The fourth-order valence-electron chi connectivity index (χ4n) is 3.36. The molecular weight excluding hydrogens is 260 g/mol. The summed E-state index contributed by atoms with van der Waals surface area (Å²) in [5.41, 5.74) is 2.25. The van der Waals surface area contributed by atoms with Gasteiger partial charge in [-0.25, -0.2) is 4.98 Å². The number of rotatable bonds is 5. The van der Waals surface area contributed by atoms with Crippen LogP contribution in [0.4, 0.5) is 0 Å². The van der Waals surface area contributed by atoms with Crippen LogP contribution in [0.5, 0.6) is 0 Å². The zero-order valence-electron chi connectivity index (χ0n) is 12.5. The molecule has 3 heterocycles. The molecule has 1 unspecified atom stereocenters. The zero-order valence-corrected chi connectivity index (χ0v) is 12.5. The molecule has 1 atom stereocenters. The molecule has 0 spiro atoms. The van der Waals surface area contributed by atoms with E-state index in [1.165, 1.54) is 44.3 Å². The second-order valence-corrected chi connectivity index (χ2v) is 6.50. The van der Waals surface area contributed by atoms with E-state index in [9.17, 15) is 0 Å². The number of hydrogen-bond acceptors (Lipinski definition) is 3. The van der Waals surface area contributed by atoms with E-state index in [1.54, 1.807) is 0 Å². The van der Waals surface area contributed by atoms with Crippen LogP contribution in [-0.2, 0) is 6.54 Å². The average molecular weight is 284 g/mol. The van der Waals surface area contributed by atoms with Crippen molar-refractivity contribution in [1.29, 1.82) is 0 Å². The van der Waals surface area contributed by atoms with Gasteiger partial charge in [0.05, 0.1) is 5.69 Å². The van der Waals surface area contributed by atoms with Gasteiger partial charge in [0.25, 0.3) is 0 Å². The van der Waals surface area contributed by atoms with Crippen LogP contribution in [-0.4, -0.2) is 39.5 Å². The summed E-state index contributed by atoms with van der Waals surface area (Å²) in [7, 11) is 0. The summed E-state index contributed by atoms with van der Waals surface area (Å²) >= 11 is 0. The van der Waals surface area contributed by atoms with Gasteiger partial charge >= 0.3 is 0 Å². The van der Waals surface area contributed by atoms with Gasteiger partial charge in [-0.1, -0.05) is 12.5 Å².